The van der Waals surface area contributed by atoms with Crippen LogP contribution < -0.4 is 15.4 Å². The predicted molar refractivity (Wildman–Crippen MR) is 113 cm³/mol. The number of ether oxygens (including phenoxy) is 2. The molecule has 7 heteroatoms. The van der Waals surface area contributed by atoms with Crippen molar-refractivity contribution in [2.24, 2.45) is 0 Å². The molecule has 0 bridgehead atoms. The molecule has 2 N–H and O–H groups in total. The lowest BCUT2D eigenvalue weighted by atomic mass is 9.81. The summed E-state index contributed by atoms with van der Waals surface area (Å²) in [7, 11) is 2.91. The van der Waals surface area contributed by atoms with Gasteiger partial charge in [0.25, 0.3) is 5.91 Å². The Labute approximate surface area is 175 Å². The van der Waals surface area contributed by atoms with Crippen LogP contribution >= 0.6 is 0 Å². The first-order valence-corrected chi connectivity index (χ1v) is 9.92. The molecule has 0 aliphatic heterocycles. The van der Waals surface area contributed by atoms with E-state index in [1.54, 1.807) is 31.4 Å². The van der Waals surface area contributed by atoms with Crippen LogP contribution in [-0.2, 0) is 20.7 Å². The molecule has 1 atom stereocenters. The summed E-state index contributed by atoms with van der Waals surface area (Å²) < 4.78 is 9.81. The van der Waals surface area contributed by atoms with Crippen LogP contribution in [0, 0.1) is 0 Å². The first-order chi connectivity index (χ1) is 14.5. The number of anilines is 1. The van der Waals surface area contributed by atoms with E-state index in [0.717, 1.165) is 25.0 Å². The van der Waals surface area contributed by atoms with Gasteiger partial charge >= 0.3 is 5.97 Å². The Balaban J connectivity index is 1.62. The summed E-state index contributed by atoms with van der Waals surface area (Å²) in [6, 6.07) is 12.7. The van der Waals surface area contributed by atoms with Gasteiger partial charge in [-0.25, -0.2) is 0 Å². The number of nitrogens with one attached hydrogen (secondary N) is 2. The lowest BCUT2D eigenvalue weighted by Gasteiger charge is -2.25. The number of rotatable bonds is 7. The van der Waals surface area contributed by atoms with E-state index in [0.29, 0.717) is 17.7 Å². The van der Waals surface area contributed by atoms with Gasteiger partial charge in [0.15, 0.2) is 0 Å². The molecule has 30 heavy (non-hydrogen) atoms. The summed E-state index contributed by atoms with van der Waals surface area (Å²) in [6.45, 7) is -0.211. The fourth-order valence-corrected chi connectivity index (χ4v) is 3.73. The minimum Gasteiger partial charge on any atom is -0.497 e. The van der Waals surface area contributed by atoms with Crippen LogP contribution in [0.5, 0.6) is 5.75 Å². The molecule has 0 saturated heterocycles. The lowest BCUT2D eigenvalue weighted by molar-refractivity contribution is -0.139. The molecule has 2 aromatic rings. The van der Waals surface area contributed by atoms with Gasteiger partial charge in [0.05, 0.1) is 14.2 Å². The van der Waals surface area contributed by atoms with E-state index in [1.165, 1.54) is 18.2 Å². The van der Waals surface area contributed by atoms with Gasteiger partial charge in [-0.1, -0.05) is 12.1 Å². The number of hydrogen-bond acceptors (Lipinski definition) is 5. The lowest BCUT2D eigenvalue weighted by Crippen LogP contribution is -2.30. The highest BCUT2D eigenvalue weighted by atomic mass is 16.5. The van der Waals surface area contributed by atoms with Crippen LogP contribution in [-0.4, -0.2) is 38.5 Å². The van der Waals surface area contributed by atoms with Crippen molar-refractivity contribution < 1.29 is 23.9 Å². The van der Waals surface area contributed by atoms with Crippen molar-refractivity contribution in [2.45, 2.75) is 31.6 Å². The Morgan fingerprint density at radius 1 is 1.10 bits per heavy atom. The zero-order valence-corrected chi connectivity index (χ0v) is 17.2. The monoisotopic (exact) mass is 410 g/mol. The van der Waals surface area contributed by atoms with E-state index >= 15 is 0 Å². The predicted octanol–water partition coefficient (Wildman–Crippen LogP) is 3.05. The minimum atomic E-state index is -0.529. The highest BCUT2D eigenvalue weighted by molar-refractivity contribution is 5.98. The molecule has 0 saturated carbocycles. The molecule has 0 heterocycles. The summed E-state index contributed by atoms with van der Waals surface area (Å²) in [5.41, 5.74) is 3.33. The van der Waals surface area contributed by atoms with Gasteiger partial charge in [-0.05, 0) is 66.6 Å². The normalized spacial score (nSPS) is 14.9. The van der Waals surface area contributed by atoms with Crippen molar-refractivity contribution in [3.8, 4) is 5.75 Å². The van der Waals surface area contributed by atoms with E-state index in [-0.39, 0.29) is 18.4 Å². The quantitative estimate of drug-likeness (QED) is 0.685. The smallest absolute Gasteiger partial charge is 0.325 e. The maximum absolute atomic E-state index is 12.7. The second kappa shape index (κ2) is 9.91. The van der Waals surface area contributed by atoms with Crippen molar-refractivity contribution >= 4 is 23.5 Å². The van der Waals surface area contributed by atoms with Gasteiger partial charge in [-0.3, -0.25) is 14.4 Å². The van der Waals surface area contributed by atoms with Gasteiger partial charge in [0, 0.05) is 17.7 Å². The summed E-state index contributed by atoms with van der Waals surface area (Å²) in [5.74, 6) is -0.0482. The van der Waals surface area contributed by atoms with Gasteiger partial charge < -0.3 is 20.1 Å². The van der Waals surface area contributed by atoms with E-state index in [9.17, 15) is 14.4 Å². The number of fused-ring (bicyclic) bond motifs is 1. The second-order valence-electron chi connectivity index (χ2n) is 7.25. The van der Waals surface area contributed by atoms with E-state index in [4.69, 9.17) is 4.74 Å². The third kappa shape index (κ3) is 5.37. The summed E-state index contributed by atoms with van der Waals surface area (Å²) in [6.07, 6.45) is 3.36. The van der Waals surface area contributed by atoms with Gasteiger partial charge in [0.2, 0.25) is 5.91 Å². The van der Waals surface area contributed by atoms with Crippen LogP contribution in [0.4, 0.5) is 5.69 Å². The standard InChI is InChI=1S/C23H26N2O5/c1-29-19-9-10-20-15(12-19)5-3-6-16(20)13-21(26)25-18-8-4-7-17(11-18)23(28)24-14-22(27)30-2/h4,7-12,16H,3,5-6,13-14H2,1-2H3,(H,24,28)(H,25,26). The van der Waals surface area contributed by atoms with Gasteiger partial charge in [-0.2, -0.15) is 0 Å². The summed E-state index contributed by atoms with van der Waals surface area (Å²) in [4.78, 5) is 36.0. The number of methoxy groups -OCH3 is 2. The van der Waals surface area contributed by atoms with Crippen molar-refractivity contribution in [1.82, 2.24) is 5.32 Å². The SMILES string of the molecule is COC(=O)CNC(=O)c1cccc(NC(=O)CC2CCCc3cc(OC)ccc32)c1. The van der Waals surface area contributed by atoms with Crippen molar-refractivity contribution in [3.63, 3.8) is 0 Å². The number of benzene rings is 2. The maximum Gasteiger partial charge on any atom is 0.325 e. The van der Waals surface area contributed by atoms with Crippen molar-refractivity contribution in [3.05, 3.63) is 59.2 Å². The molecular formula is C23H26N2O5. The van der Waals surface area contributed by atoms with Gasteiger partial charge in [0.1, 0.15) is 12.3 Å². The van der Waals surface area contributed by atoms with E-state index in [2.05, 4.69) is 27.5 Å². The van der Waals surface area contributed by atoms with Crippen molar-refractivity contribution in [1.29, 1.82) is 0 Å². The fourth-order valence-electron chi connectivity index (χ4n) is 3.73. The van der Waals surface area contributed by atoms with E-state index < -0.39 is 11.9 Å². The highest BCUT2D eigenvalue weighted by Gasteiger charge is 2.23. The molecule has 3 rings (SSSR count). The van der Waals surface area contributed by atoms with E-state index in [1.807, 2.05) is 6.07 Å². The average Bonchev–Trinajstić information content (AvgIpc) is 2.77. The molecule has 0 aromatic heterocycles. The molecule has 0 spiro atoms. The van der Waals surface area contributed by atoms with Gasteiger partial charge in [-0.15, -0.1) is 0 Å². The molecule has 0 fully saturated rings. The number of carbonyl (C=O) groups is 3. The molecule has 158 valence electrons. The third-order valence-electron chi connectivity index (χ3n) is 5.25. The minimum absolute atomic E-state index is 0.101. The Kier molecular flexibility index (Phi) is 7.06. The molecule has 2 aromatic carbocycles. The maximum atomic E-state index is 12.7. The Morgan fingerprint density at radius 3 is 2.70 bits per heavy atom. The van der Waals surface area contributed by atoms with Crippen molar-refractivity contribution in [2.75, 3.05) is 26.1 Å². The summed E-state index contributed by atoms with van der Waals surface area (Å²) in [5, 5.41) is 5.36. The number of amides is 2. The van der Waals surface area contributed by atoms with Crippen LogP contribution in [0.25, 0.3) is 0 Å². The fraction of sp³-hybridized carbons (Fsp3) is 0.348. The number of hydrogen-bond donors (Lipinski definition) is 2. The molecule has 1 aliphatic carbocycles. The Bertz CT molecular complexity index is 941. The van der Waals surface area contributed by atoms with Crippen LogP contribution in [0.15, 0.2) is 42.5 Å². The van der Waals surface area contributed by atoms with Crippen LogP contribution in [0.3, 0.4) is 0 Å². The topological polar surface area (TPSA) is 93.7 Å². The number of esters is 1. The zero-order chi connectivity index (χ0) is 21.5. The van der Waals surface area contributed by atoms with Crippen LogP contribution in [0.1, 0.15) is 46.7 Å². The second-order valence-corrected chi connectivity index (χ2v) is 7.25. The number of aryl methyl sites for hydroxylation is 1. The highest BCUT2D eigenvalue weighted by Crippen LogP contribution is 2.36. The first-order valence-electron chi connectivity index (χ1n) is 9.92. The Hall–Kier alpha value is -3.35. The molecule has 7 nitrogen and oxygen atoms in total. The first kappa shape index (κ1) is 21.4. The average molecular weight is 410 g/mol. The Morgan fingerprint density at radius 2 is 1.93 bits per heavy atom. The third-order valence-corrected chi connectivity index (χ3v) is 5.25. The molecule has 0 radical (unpaired) electrons. The molecule has 1 aliphatic rings. The molecule has 2 amide bonds. The zero-order valence-electron chi connectivity index (χ0n) is 17.2. The number of carbonyl (C=O) groups excluding carboxylic acids is 3. The largest absolute Gasteiger partial charge is 0.497 e. The summed E-state index contributed by atoms with van der Waals surface area (Å²) >= 11 is 0. The molecule has 1 unspecified atom stereocenters. The molecular weight excluding hydrogens is 384 g/mol. The van der Waals surface area contributed by atoms with Crippen LogP contribution in [0.2, 0.25) is 0 Å².